The summed E-state index contributed by atoms with van der Waals surface area (Å²) in [5.74, 6) is 0.223. The fourth-order valence-corrected chi connectivity index (χ4v) is 4.63. The lowest BCUT2D eigenvalue weighted by atomic mass is 10.1. The lowest BCUT2D eigenvalue weighted by molar-refractivity contribution is 0.102. The molecule has 0 aliphatic carbocycles. The molecule has 0 saturated heterocycles. The van der Waals surface area contributed by atoms with Gasteiger partial charge in [0, 0.05) is 10.5 Å². The second-order valence-electron chi connectivity index (χ2n) is 6.83. The summed E-state index contributed by atoms with van der Waals surface area (Å²) in [5, 5.41) is 2.91. The molecule has 0 atom stereocenters. The Morgan fingerprint density at radius 2 is 1.65 bits per heavy atom. The average molecular weight is 459 g/mol. The summed E-state index contributed by atoms with van der Waals surface area (Å²) in [5.41, 5.74) is 2.22. The van der Waals surface area contributed by atoms with Gasteiger partial charge >= 0.3 is 0 Å². The number of thioether (sulfide) groups is 1. The summed E-state index contributed by atoms with van der Waals surface area (Å²) in [4.78, 5) is 13.7. The van der Waals surface area contributed by atoms with Gasteiger partial charge in [0.1, 0.15) is 5.82 Å². The number of nitrogens with zero attached hydrogens (tertiary/aromatic N) is 1. The zero-order chi connectivity index (χ0) is 22.4. The summed E-state index contributed by atoms with van der Waals surface area (Å²) in [6.07, 6.45) is 1.11. The molecule has 0 aromatic heterocycles. The van der Waals surface area contributed by atoms with E-state index in [1.807, 2.05) is 31.2 Å². The van der Waals surface area contributed by atoms with E-state index in [0.29, 0.717) is 16.8 Å². The van der Waals surface area contributed by atoms with Gasteiger partial charge < -0.3 is 5.32 Å². The van der Waals surface area contributed by atoms with Crippen LogP contribution in [0.1, 0.15) is 22.8 Å². The highest BCUT2D eigenvalue weighted by Crippen LogP contribution is 2.27. The fraction of sp³-hybridized carbons (Fsp3) is 0.174. The summed E-state index contributed by atoms with van der Waals surface area (Å²) in [6, 6.07) is 19.6. The van der Waals surface area contributed by atoms with Crippen LogP contribution < -0.4 is 9.62 Å². The standard InChI is InChI=1S/C23H23FN2O3S2/c1-3-30-22-7-5-4-6-21(22)25-23(27)18-10-14-20(15-11-18)26(31(2,28)29)16-17-8-12-19(24)13-9-17/h4-15H,3,16H2,1-2H3,(H,25,27). The van der Waals surface area contributed by atoms with Gasteiger partial charge in [0.15, 0.2) is 0 Å². The highest BCUT2D eigenvalue weighted by molar-refractivity contribution is 7.99. The van der Waals surface area contributed by atoms with E-state index in [4.69, 9.17) is 0 Å². The Morgan fingerprint density at radius 3 is 2.26 bits per heavy atom. The molecule has 3 rings (SSSR count). The number of carbonyl (C=O) groups is 1. The van der Waals surface area contributed by atoms with Crippen molar-refractivity contribution >= 4 is 39.1 Å². The number of nitrogens with one attached hydrogen (secondary N) is 1. The van der Waals surface area contributed by atoms with Crippen molar-refractivity contribution < 1.29 is 17.6 Å². The lowest BCUT2D eigenvalue weighted by Gasteiger charge is -2.23. The summed E-state index contributed by atoms with van der Waals surface area (Å²) in [6.45, 7) is 2.10. The molecule has 5 nitrogen and oxygen atoms in total. The van der Waals surface area contributed by atoms with Crippen molar-refractivity contribution in [2.75, 3.05) is 21.6 Å². The van der Waals surface area contributed by atoms with Crippen molar-refractivity contribution in [2.45, 2.75) is 18.4 Å². The molecule has 1 amide bonds. The number of amides is 1. The van der Waals surface area contributed by atoms with E-state index in [1.54, 1.807) is 48.2 Å². The molecule has 0 spiro atoms. The van der Waals surface area contributed by atoms with Crippen molar-refractivity contribution in [1.29, 1.82) is 0 Å². The van der Waals surface area contributed by atoms with Crippen LogP contribution in [-0.4, -0.2) is 26.3 Å². The van der Waals surface area contributed by atoms with E-state index in [0.717, 1.165) is 22.6 Å². The van der Waals surface area contributed by atoms with Gasteiger partial charge in [0.25, 0.3) is 5.91 Å². The molecule has 0 aliphatic rings. The number of anilines is 2. The van der Waals surface area contributed by atoms with E-state index in [-0.39, 0.29) is 18.3 Å². The Bertz CT molecular complexity index is 1150. The number of hydrogen-bond donors (Lipinski definition) is 1. The number of sulfonamides is 1. The fourth-order valence-electron chi connectivity index (χ4n) is 2.98. The number of halogens is 1. The normalized spacial score (nSPS) is 11.2. The van der Waals surface area contributed by atoms with Gasteiger partial charge in [0.2, 0.25) is 10.0 Å². The van der Waals surface area contributed by atoms with E-state index in [2.05, 4.69) is 5.32 Å². The topological polar surface area (TPSA) is 66.5 Å². The Kier molecular flexibility index (Phi) is 7.35. The van der Waals surface area contributed by atoms with Crippen LogP contribution in [0.3, 0.4) is 0 Å². The van der Waals surface area contributed by atoms with Crippen LogP contribution in [0.15, 0.2) is 77.7 Å². The second kappa shape index (κ2) is 9.98. The third kappa shape index (κ3) is 6.08. The van der Waals surface area contributed by atoms with Gasteiger partial charge in [-0.15, -0.1) is 11.8 Å². The Balaban J connectivity index is 1.80. The minimum atomic E-state index is -3.58. The predicted molar refractivity (Wildman–Crippen MR) is 125 cm³/mol. The van der Waals surface area contributed by atoms with E-state index < -0.39 is 10.0 Å². The van der Waals surface area contributed by atoms with Gasteiger partial charge in [-0.1, -0.05) is 31.2 Å². The number of hydrogen-bond acceptors (Lipinski definition) is 4. The van der Waals surface area contributed by atoms with Gasteiger partial charge in [-0.05, 0) is 59.8 Å². The van der Waals surface area contributed by atoms with Gasteiger partial charge in [0.05, 0.1) is 24.2 Å². The first-order chi connectivity index (χ1) is 14.8. The van der Waals surface area contributed by atoms with E-state index in [9.17, 15) is 17.6 Å². The van der Waals surface area contributed by atoms with Crippen LogP contribution in [-0.2, 0) is 16.6 Å². The molecule has 8 heteroatoms. The maximum atomic E-state index is 13.2. The SMILES string of the molecule is CCSc1ccccc1NC(=O)c1ccc(N(Cc2ccc(F)cc2)S(C)(=O)=O)cc1. The number of benzene rings is 3. The molecule has 0 unspecified atom stereocenters. The lowest BCUT2D eigenvalue weighted by Crippen LogP contribution is -2.29. The Hall–Kier alpha value is -2.84. The first kappa shape index (κ1) is 22.8. The van der Waals surface area contributed by atoms with Crippen molar-refractivity contribution in [3.63, 3.8) is 0 Å². The molecule has 1 N–H and O–H groups in total. The minimum absolute atomic E-state index is 0.0618. The molecular weight excluding hydrogens is 435 g/mol. The summed E-state index contributed by atoms with van der Waals surface area (Å²) in [7, 11) is -3.58. The molecule has 0 fully saturated rings. The average Bonchev–Trinajstić information content (AvgIpc) is 2.74. The van der Waals surface area contributed by atoms with Crippen LogP contribution >= 0.6 is 11.8 Å². The second-order valence-corrected chi connectivity index (χ2v) is 10.0. The maximum absolute atomic E-state index is 13.2. The first-order valence-electron chi connectivity index (χ1n) is 9.63. The van der Waals surface area contributed by atoms with Gasteiger partial charge in [-0.3, -0.25) is 9.10 Å². The molecule has 0 heterocycles. The Labute approximate surface area is 186 Å². The Morgan fingerprint density at radius 1 is 1.00 bits per heavy atom. The summed E-state index contributed by atoms with van der Waals surface area (Å²) < 4.78 is 39.0. The predicted octanol–water partition coefficient (Wildman–Crippen LogP) is 5.16. The quantitative estimate of drug-likeness (QED) is 0.474. The number of rotatable bonds is 8. The van der Waals surface area contributed by atoms with Crippen molar-refractivity contribution in [3.8, 4) is 0 Å². The van der Waals surface area contributed by atoms with Crippen molar-refractivity contribution in [3.05, 3.63) is 89.7 Å². The molecule has 0 aliphatic heterocycles. The van der Waals surface area contributed by atoms with E-state index >= 15 is 0 Å². The monoisotopic (exact) mass is 458 g/mol. The van der Waals surface area contributed by atoms with Gasteiger partial charge in [-0.25, -0.2) is 12.8 Å². The molecular formula is C23H23FN2O3S2. The van der Waals surface area contributed by atoms with Crippen LogP contribution in [0.25, 0.3) is 0 Å². The molecule has 31 heavy (non-hydrogen) atoms. The first-order valence-corrected chi connectivity index (χ1v) is 12.5. The highest BCUT2D eigenvalue weighted by atomic mass is 32.2. The minimum Gasteiger partial charge on any atom is -0.321 e. The third-order valence-corrected chi connectivity index (χ3v) is 6.59. The number of para-hydroxylation sites is 1. The largest absolute Gasteiger partial charge is 0.321 e. The zero-order valence-corrected chi connectivity index (χ0v) is 18.8. The highest BCUT2D eigenvalue weighted by Gasteiger charge is 2.19. The molecule has 162 valence electrons. The zero-order valence-electron chi connectivity index (χ0n) is 17.2. The third-order valence-electron chi connectivity index (χ3n) is 4.49. The van der Waals surface area contributed by atoms with Crippen molar-refractivity contribution in [1.82, 2.24) is 0 Å². The van der Waals surface area contributed by atoms with Crippen LogP contribution in [0.2, 0.25) is 0 Å². The molecule has 3 aromatic rings. The maximum Gasteiger partial charge on any atom is 0.255 e. The summed E-state index contributed by atoms with van der Waals surface area (Å²) >= 11 is 1.64. The van der Waals surface area contributed by atoms with E-state index in [1.165, 1.54) is 16.4 Å². The van der Waals surface area contributed by atoms with Crippen LogP contribution in [0.5, 0.6) is 0 Å². The molecule has 3 aromatic carbocycles. The van der Waals surface area contributed by atoms with Gasteiger partial charge in [-0.2, -0.15) is 0 Å². The smallest absolute Gasteiger partial charge is 0.255 e. The number of carbonyl (C=O) groups excluding carboxylic acids is 1. The van der Waals surface area contributed by atoms with Crippen molar-refractivity contribution in [2.24, 2.45) is 0 Å². The van der Waals surface area contributed by atoms with Crippen LogP contribution in [0.4, 0.5) is 15.8 Å². The molecule has 0 bridgehead atoms. The molecule has 0 saturated carbocycles. The van der Waals surface area contributed by atoms with Crippen LogP contribution in [0, 0.1) is 5.82 Å². The molecule has 0 radical (unpaired) electrons.